The van der Waals surface area contributed by atoms with Crippen LogP contribution in [0.4, 0.5) is 5.69 Å². The fourth-order valence-corrected chi connectivity index (χ4v) is 5.03. The van der Waals surface area contributed by atoms with Crippen LogP contribution in [0.1, 0.15) is 46.5 Å². The van der Waals surface area contributed by atoms with Crippen molar-refractivity contribution in [2.75, 3.05) is 25.5 Å². The first-order valence-electron chi connectivity index (χ1n) is 14.2. The highest BCUT2D eigenvalue weighted by Crippen LogP contribution is 2.34. The quantitative estimate of drug-likeness (QED) is 0.258. The molecule has 2 amide bonds. The first-order valence-corrected chi connectivity index (χ1v) is 14.2. The molecule has 8 heteroatoms. The predicted octanol–water partition coefficient (Wildman–Crippen LogP) is 6.26. The number of carbonyl (C=O) groups is 2. The number of benzene rings is 3. The Labute approximate surface area is 246 Å². The summed E-state index contributed by atoms with van der Waals surface area (Å²) in [7, 11) is 2.06. The number of likely N-dealkylation sites (N-methyl/N-ethyl adjacent to an activating group) is 1. The molecule has 42 heavy (non-hydrogen) atoms. The number of aromatic nitrogens is 1. The van der Waals surface area contributed by atoms with Gasteiger partial charge in [0.25, 0.3) is 11.8 Å². The maximum atomic E-state index is 13.6. The second kappa shape index (κ2) is 13.3. The van der Waals surface area contributed by atoms with E-state index >= 15 is 0 Å². The average Bonchev–Trinajstić information content (AvgIpc) is 2.99. The van der Waals surface area contributed by atoms with Crippen LogP contribution in [-0.2, 0) is 6.54 Å². The lowest BCUT2D eigenvalue weighted by Gasteiger charge is -2.34. The molecule has 0 bridgehead atoms. The fourth-order valence-electron chi connectivity index (χ4n) is 5.03. The zero-order valence-electron chi connectivity index (χ0n) is 24.2. The van der Waals surface area contributed by atoms with E-state index in [9.17, 15) is 9.59 Å². The van der Waals surface area contributed by atoms with E-state index in [1.807, 2.05) is 61.2 Å². The standard InChI is InChI=1S/C34H36N4O4/c1-24(2)38-21-18-29(23-37(3)22-25-12-14-28(15-13-25)41-27-8-5-4-6-9-27)42-32-30(34(38)40)10-7-11-31(32)36-33(39)26-16-19-35-20-17-26/h4-17,19-20,24,29H,18,21-23H2,1-3H3,(H,36,39)/t29-/m1/s1. The Morgan fingerprint density at radius 1 is 1.00 bits per heavy atom. The molecule has 4 aromatic rings. The molecule has 2 heterocycles. The maximum absolute atomic E-state index is 13.6. The van der Waals surface area contributed by atoms with Crippen LogP contribution in [0.2, 0.25) is 0 Å². The summed E-state index contributed by atoms with van der Waals surface area (Å²) in [5.74, 6) is 1.58. The normalized spacial score (nSPS) is 15.0. The van der Waals surface area contributed by atoms with Gasteiger partial charge in [0.2, 0.25) is 0 Å². The van der Waals surface area contributed by atoms with Crippen LogP contribution >= 0.6 is 0 Å². The third kappa shape index (κ3) is 7.14. The molecule has 216 valence electrons. The molecule has 0 spiro atoms. The maximum Gasteiger partial charge on any atom is 0.257 e. The Bertz CT molecular complexity index is 1490. The highest BCUT2D eigenvalue weighted by Gasteiger charge is 2.30. The van der Waals surface area contributed by atoms with Gasteiger partial charge in [-0.2, -0.15) is 0 Å². The van der Waals surface area contributed by atoms with Gasteiger partial charge >= 0.3 is 0 Å². The highest BCUT2D eigenvalue weighted by atomic mass is 16.5. The first kappa shape index (κ1) is 28.8. The van der Waals surface area contributed by atoms with Crippen molar-refractivity contribution in [3.63, 3.8) is 0 Å². The second-order valence-corrected chi connectivity index (χ2v) is 10.7. The molecular weight excluding hydrogens is 528 g/mol. The molecule has 5 rings (SSSR count). The minimum absolute atomic E-state index is 0.0218. The summed E-state index contributed by atoms with van der Waals surface area (Å²) in [4.78, 5) is 34.6. The predicted molar refractivity (Wildman–Crippen MR) is 163 cm³/mol. The monoisotopic (exact) mass is 564 g/mol. The van der Waals surface area contributed by atoms with Crippen LogP contribution in [0.3, 0.4) is 0 Å². The number of hydrogen-bond acceptors (Lipinski definition) is 6. The second-order valence-electron chi connectivity index (χ2n) is 10.7. The smallest absolute Gasteiger partial charge is 0.257 e. The molecule has 1 aromatic heterocycles. The molecule has 8 nitrogen and oxygen atoms in total. The van der Waals surface area contributed by atoms with Crippen molar-refractivity contribution >= 4 is 17.5 Å². The summed E-state index contributed by atoms with van der Waals surface area (Å²) in [5.41, 5.74) is 2.53. The fraction of sp³-hybridized carbons (Fsp3) is 0.265. The van der Waals surface area contributed by atoms with Crippen LogP contribution in [0.15, 0.2) is 97.3 Å². The molecule has 0 saturated carbocycles. The van der Waals surface area contributed by atoms with Crippen LogP contribution < -0.4 is 14.8 Å². The molecule has 1 aliphatic heterocycles. The zero-order valence-corrected chi connectivity index (χ0v) is 24.2. The third-order valence-electron chi connectivity index (χ3n) is 7.17. The number of hydrogen-bond donors (Lipinski definition) is 1. The van der Waals surface area contributed by atoms with Crippen molar-refractivity contribution in [3.8, 4) is 17.2 Å². The SMILES string of the molecule is CC(C)N1CC[C@H](CN(C)Cc2ccc(Oc3ccccc3)cc2)Oc2c(NC(=O)c3ccncc3)cccc2C1=O. The molecular formula is C34H36N4O4. The van der Waals surface area contributed by atoms with Gasteiger partial charge in [-0.15, -0.1) is 0 Å². The van der Waals surface area contributed by atoms with E-state index in [4.69, 9.17) is 9.47 Å². The molecule has 3 aromatic carbocycles. The van der Waals surface area contributed by atoms with Crippen molar-refractivity contribution in [2.45, 2.75) is 39.0 Å². The van der Waals surface area contributed by atoms with Gasteiger partial charge in [0.1, 0.15) is 17.6 Å². The number of carbonyl (C=O) groups excluding carboxylic acids is 2. The van der Waals surface area contributed by atoms with Gasteiger partial charge in [-0.1, -0.05) is 36.4 Å². The van der Waals surface area contributed by atoms with Gasteiger partial charge in [-0.25, -0.2) is 0 Å². The number of pyridine rings is 1. The van der Waals surface area contributed by atoms with E-state index in [1.165, 1.54) is 0 Å². The van der Waals surface area contributed by atoms with E-state index in [1.54, 1.807) is 42.7 Å². The van der Waals surface area contributed by atoms with Gasteiger partial charge in [0.15, 0.2) is 5.75 Å². The van der Waals surface area contributed by atoms with Gasteiger partial charge < -0.3 is 19.7 Å². The first-order chi connectivity index (χ1) is 20.4. The van der Waals surface area contributed by atoms with Crippen LogP contribution in [0.25, 0.3) is 0 Å². The molecule has 0 aliphatic carbocycles. The van der Waals surface area contributed by atoms with Gasteiger partial charge in [0.05, 0.1) is 11.3 Å². The topological polar surface area (TPSA) is 84.0 Å². The molecule has 1 aliphatic rings. The Balaban J connectivity index is 1.32. The Morgan fingerprint density at radius 3 is 2.43 bits per heavy atom. The zero-order chi connectivity index (χ0) is 29.5. The lowest BCUT2D eigenvalue weighted by Crippen LogP contribution is -2.44. The van der Waals surface area contributed by atoms with E-state index in [-0.39, 0.29) is 24.0 Å². The summed E-state index contributed by atoms with van der Waals surface area (Å²) in [6.45, 7) is 5.95. The summed E-state index contributed by atoms with van der Waals surface area (Å²) >= 11 is 0. The molecule has 1 atom stereocenters. The van der Waals surface area contributed by atoms with Crippen molar-refractivity contribution in [1.29, 1.82) is 0 Å². The number of nitrogens with one attached hydrogen (secondary N) is 1. The van der Waals surface area contributed by atoms with Crippen molar-refractivity contribution in [2.24, 2.45) is 0 Å². The number of ether oxygens (including phenoxy) is 2. The van der Waals surface area contributed by atoms with Crippen LogP contribution in [-0.4, -0.2) is 58.9 Å². The summed E-state index contributed by atoms with van der Waals surface area (Å²) in [6, 6.07) is 26.4. The molecule has 0 unspecified atom stereocenters. The number of amides is 2. The largest absolute Gasteiger partial charge is 0.486 e. The minimum Gasteiger partial charge on any atom is -0.486 e. The number of nitrogens with zero attached hydrogens (tertiary/aromatic N) is 3. The minimum atomic E-state index is -0.294. The molecule has 0 saturated heterocycles. The lowest BCUT2D eigenvalue weighted by atomic mass is 10.1. The van der Waals surface area contributed by atoms with Crippen molar-refractivity contribution in [1.82, 2.24) is 14.8 Å². The highest BCUT2D eigenvalue weighted by molar-refractivity contribution is 6.07. The van der Waals surface area contributed by atoms with Crippen molar-refractivity contribution < 1.29 is 19.1 Å². The lowest BCUT2D eigenvalue weighted by molar-refractivity contribution is 0.0595. The molecule has 1 N–H and O–H groups in total. The van der Waals surface area contributed by atoms with Crippen molar-refractivity contribution in [3.05, 3.63) is 114 Å². The number of anilines is 1. The van der Waals surface area contributed by atoms with E-state index in [0.29, 0.717) is 48.6 Å². The Kier molecular flexibility index (Phi) is 9.14. The summed E-state index contributed by atoms with van der Waals surface area (Å²) in [6.07, 6.45) is 3.59. The average molecular weight is 565 g/mol. The Hall–Kier alpha value is -4.69. The van der Waals surface area contributed by atoms with Crippen LogP contribution in [0, 0.1) is 0 Å². The third-order valence-corrected chi connectivity index (χ3v) is 7.17. The van der Waals surface area contributed by atoms with E-state index in [2.05, 4.69) is 34.4 Å². The van der Waals surface area contributed by atoms with Gasteiger partial charge in [-0.05, 0) is 75.0 Å². The number of para-hydroxylation sites is 2. The number of rotatable bonds is 9. The molecule has 0 fully saturated rings. The Morgan fingerprint density at radius 2 is 1.71 bits per heavy atom. The van der Waals surface area contributed by atoms with Crippen LogP contribution in [0.5, 0.6) is 17.2 Å². The van der Waals surface area contributed by atoms with E-state index < -0.39 is 0 Å². The van der Waals surface area contributed by atoms with Gasteiger partial charge in [-0.3, -0.25) is 19.5 Å². The summed E-state index contributed by atoms with van der Waals surface area (Å²) < 4.78 is 12.5. The summed E-state index contributed by atoms with van der Waals surface area (Å²) in [5, 5.41) is 2.95. The number of fused-ring (bicyclic) bond motifs is 1. The van der Waals surface area contributed by atoms with E-state index in [0.717, 1.165) is 17.1 Å². The molecule has 0 radical (unpaired) electrons. The van der Waals surface area contributed by atoms with Gasteiger partial charge in [0, 0.05) is 50.1 Å².